The van der Waals surface area contributed by atoms with E-state index in [-0.39, 0.29) is 18.6 Å². The molecular formula is C14H22N2O2S. The van der Waals surface area contributed by atoms with Crippen LogP contribution >= 0.6 is 11.8 Å². The molecule has 0 saturated heterocycles. The molecule has 0 bridgehead atoms. The third kappa shape index (κ3) is 6.61. The number of nitrogens with zero attached hydrogens (tertiary/aromatic N) is 1. The highest BCUT2D eigenvalue weighted by Gasteiger charge is 2.11. The fourth-order valence-corrected chi connectivity index (χ4v) is 2.24. The molecule has 0 aliphatic rings. The molecule has 19 heavy (non-hydrogen) atoms. The second kappa shape index (κ2) is 8.96. The molecule has 0 radical (unpaired) electrons. The number of thioether (sulfide) groups is 1. The van der Waals surface area contributed by atoms with Gasteiger partial charge in [0.2, 0.25) is 5.91 Å². The molecule has 1 aromatic rings. The minimum absolute atomic E-state index is 0.00328. The Hall–Kier alpha value is -1.04. The summed E-state index contributed by atoms with van der Waals surface area (Å²) in [5.41, 5.74) is 0. The average molecular weight is 282 g/mol. The molecule has 0 aromatic heterocycles. The maximum absolute atomic E-state index is 11.6. The van der Waals surface area contributed by atoms with Crippen molar-refractivity contribution in [3.63, 3.8) is 0 Å². The molecule has 1 amide bonds. The van der Waals surface area contributed by atoms with E-state index in [4.69, 9.17) is 5.11 Å². The monoisotopic (exact) mass is 282 g/mol. The molecule has 1 atom stereocenters. The summed E-state index contributed by atoms with van der Waals surface area (Å²) in [5, 5.41) is 11.9. The summed E-state index contributed by atoms with van der Waals surface area (Å²) in [5.74, 6) is 0.853. The number of carbonyl (C=O) groups is 1. The lowest BCUT2D eigenvalue weighted by Gasteiger charge is -2.21. The number of hydrogen-bond acceptors (Lipinski definition) is 4. The van der Waals surface area contributed by atoms with Gasteiger partial charge in [0.05, 0.1) is 13.2 Å². The zero-order valence-electron chi connectivity index (χ0n) is 11.5. The van der Waals surface area contributed by atoms with Crippen LogP contribution in [-0.4, -0.2) is 54.5 Å². The van der Waals surface area contributed by atoms with Crippen LogP contribution in [0.2, 0.25) is 0 Å². The molecule has 0 aliphatic carbocycles. The lowest BCUT2D eigenvalue weighted by atomic mass is 10.3. The van der Waals surface area contributed by atoms with Gasteiger partial charge in [0.25, 0.3) is 0 Å². The molecule has 0 aliphatic heterocycles. The van der Waals surface area contributed by atoms with Crippen molar-refractivity contribution in [1.82, 2.24) is 10.2 Å². The van der Waals surface area contributed by atoms with E-state index in [9.17, 15) is 4.79 Å². The maximum Gasteiger partial charge on any atom is 0.234 e. The molecule has 0 saturated carbocycles. The number of carbonyl (C=O) groups excluding carboxylic acids is 1. The zero-order valence-corrected chi connectivity index (χ0v) is 12.3. The predicted octanol–water partition coefficient (Wildman–Crippen LogP) is 1.21. The first-order valence-corrected chi connectivity index (χ1v) is 7.37. The molecule has 2 N–H and O–H groups in total. The summed E-state index contributed by atoms with van der Waals surface area (Å²) in [4.78, 5) is 14.7. The normalized spacial score (nSPS) is 12.4. The number of nitrogens with one attached hydrogen (secondary N) is 1. The molecule has 106 valence electrons. The molecule has 1 rings (SSSR count). The van der Waals surface area contributed by atoms with Crippen LogP contribution in [0.5, 0.6) is 0 Å². The number of likely N-dealkylation sites (N-methyl/N-ethyl adjacent to an activating group) is 1. The molecule has 4 nitrogen and oxygen atoms in total. The Morgan fingerprint density at radius 2 is 2.11 bits per heavy atom. The van der Waals surface area contributed by atoms with Gasteiger partial charge in [-0.1, -0.05) is 18.2 Å². The summed E-state index contributed by atoms with van der Waals surface area (Å²) in [6.45, 7) is 2.92. The Balaban J connectivity index is 2.14. The van der Waals surface area contributed by atoms with Crippen LogP contribution in [0.25, 0.3) is 0 Å². The van der Waals surface area contributed by atoms with Crippen molar-refractivity contribution >= 4 is 17.7 Å². The number of hydrogen-bond donors (Lipinski definition) is 2. The summed E-state index contributed by atoms with van der Waals surface area (Å²) < 4.78 is 0. The average Bonchev–Trinajstić information content (AvgIpc) is 2.43. The topological polar surface area (TPSA) is 52.6 Å². The quantitative estimate of drug-likeness (QED) is 0.556. The first-order chi connectivity index (χ1) is 9.13. The van der Waals surface area contributed by atoms with Gasteiger partial charge >= 0.3 is 0 Å². The number of aliphatic hydroxyl groups is 1. The summed E-state index contributed by atoms with van der Waals surface area (Å²) >= 11 is 1.72. The summed E-state index contributed by atoms with van der Waals surface area (Å²) in [6.07, 6.45) is 0. The van der Waals surface area contributed by atoms with Gasteiger partial charge < -0.3 is 10.4 Å². The second-order valence-electron chi connectivity index (χ2n) is 4.46. The van der Waals surface area contributed by atoms with Crippen LogP contribution in [0.4, 0.5) is 0 Å². The van der Waals surface area contributed by atoms with E-state index in [1.165, 1.54) is 4.90 Å². The van der Waals surface area contributed by atoms with Gasteiger partial charge in [0.15, 0.2) is 0 Å². The fraction of sp³-hybridized carbons (Fsp3) is 0.500. The molecule has 0 spiro atoms. The van der Waals surface area contributed by atoms with Gasteiger partial charge in [-0.3, -0.25) is 9.69 Å². The van der Waals surface area contributed by atoms with Crippen LogP contribution in [0.1, 0.15) is 6.92 Å². The van der Waals surface area contributed by atoms with Crippen molar-refractivity contribution in [2.45, 2.75) is 17.9 Å². The van der Waals surface area contributed by atoms with Gasteiger partial charge in [-0.15, -0.1) is 11.8 Å². The third-order valence-electron chi connectivity index (χ3n) is 2.85. The van der Waals surface area contributed by atoms with Crippen LogP contribution in [0, 0.1) is 0 Å². The Labute approximate surface area is 119 Å². The Kier molecular flexibility index (Phi) is 7.55. The van der Waals surface area contributed by atoms with Crippen LogP contribution < -0.4 is 5.32 Å². The first-order valence-electron chi connectivity index (χ1n) is 6.39. The maximum atomic E-state index is 11.6. The summed E-state index contributed by atoms with van der Waals surface area (Å²) in [7, 11) is 1.83. The molecule has 0 fully saturated rings. The van der Waals surface area contributed by atoms with Crippen LogP contribution in [0.3, 0.4) is 0 Å². The van der Waals surface area contributed by atoms with E-state index in [0.29, 0.717) is 13.1 Å². The Morgan fingerprint density at radius 1 is 1.42 bits per heavy atom. The number of amides is 1. The second-order valence-corrected chi connectivity index (χ2v) is 5.63. The minimum Gasteiger partial charge on any atom is -0.395 e. The van der Waals surface area contributed by atoms with Crippen molar-refractivity contribution in [3.05, 3.63) is 30.3 Å². The standard InChI is InChI=1S/C14H22N2O2S/c1-12(11-17)16(2)10-14(18)15-8-9-19-13-6-4-3-5-7-13/h3-7,12,17H,8-11H2,1-2H3,(H,15,18). The molecule has 1 unspecified atom stereocenters. The lowest BCUT2D eigenvalue weighted by Crippen LogP contribution is -2.41. The number of aliphatic hydroxyl groups excluding tert-OH is 1. The van der Waals surface area contributed by atoms with Crippen LogP contribution in [0.15, 0.2) is 35.2 Å². The molecule has 0 heterocycles. The zero-order chi connectivity index (χ0) is 14.1. The van der Waals surface area contributed by atoms with E-state index < -0.39 is 0 Å². The molecule has 5 heteroatoms. The fourth-order valence-electron chi connectivity index (χ4n) is 1.45. The smallest absolute Gasteiger partial charge is 0.234 e. The Morgan fingerprint density at radius 3 is 2.74 bits per heavy atom. The first kappa shape index (κ1) is 16.0. The highest BCUT2D eigenvalue weighted by atomic mass is 32.2. The third-order valence-corrected chi connectivity index (χ3v) is 3.86. The van der Waals surface area contributed by atoms with E-state index in [1.54, 1.807) is 11.8 Å². The highest BCUT2D eigenvalue weighted by Crippen LogP contribution is 2.15. The highest BCUT2D eigenvalue weighted by molar-refractivity contribution is 7.99. The van der Waals surface area contributed by atoms with Gasteiger partial charge in [-0.25, -0.2) is 0 Å². The van der Waals surface area contributed by atoms with Crippen molar-refractivity contribution in [2.24, 2.45) is 0 Å². The predicted molar refractivity (Wildman–Crippen MR) is 79.4 cm³/mol. The van der Waals surface area contributed by atoms with Crippen molar-refractivity contribution in [3.8, 4) is 0 Å². The van der Waals surface area contributed by atoms with Crippen LogP contribution in [-0.2, 0) is 4.79 Å². The van der Waals surface area contributed by atoms with Crippen molar-refractivity contribution in [1.29, 1.82) is 0 Å². The minimum atomic E-state index is -0.00328. The van der Waals surface area contributed by atoms with Gasteiger partial charge in [0, 0.05) is 23.2 Å². The van der Waals surface area contributed by atoms with Gasteiger partial charge in [-0.05, 0) is 26.1 Å². The van der Waals surface area contributed by atoms with Crippen molar-refractivity contribution < 1.29 is 9.90 Å². The van der Waals surface area contributed by atoms with Gasteiger partial charge in [0.1, 0.15) is 0 Å². The number of rotatable bonds is 8. The summed E-state index contributed by atoms with van der Waals surface area (Å²) in [6, 6.07) is 10.1. The van der Waals surface area contributed by atoms with E-state index >= 15 is 0 Å². The lowest BCUT2D eigenvalue weighted by molar-refractivity contribution is -0.122. The Bertz CT molecular complexity index is 373. The van der Waals surface area contributed by atoms with E-state index in [1.807, 2.05) is 37.1 Å². The molecule has 1 aromatic carbocycles. The van der Waals surface area contributed by atoms with Crippen molar-refractivity contribution in [2.75, 3.05) is 32.5 Å². The largest absolute Gasteiger partial charge is 0.395 e. The van der Waals surface area contributed by atoms with Gasteiger partial charge in [-0.2, -0.15) is 0 Å². The molecular weight excluding hydrogens is 260 g/mol. The van der Waals surface area contributed by atoms with E-state index in [0.717, 1.165) is 5.75 Å². The number of benzene rings is 1. The van der Waals surface area contributed by atoms with E-state index in [2.05, 4.69) is 17.4 Å². The SMILES string of the molecule is CC(CO)N(C)CC(=O)NCCSc1ccccc1.